The van der Waals surface area contributed by atoms with Crippen LogP contribution in [-0.2, 0) is 25.7 Å². The van der Waals surface area contributed by atoms with Gasteiger partial charge in [-0.2, -0.15) is 0 Å². The van der Waals surface area contributed by atoms with E-state index < -0.39 is 16.1 Å². The van der Waals surface area contributed by atoms with Crippen LogP contribution in [0.3, 0.4) is 0 Å². The van der Waals surface area contributed by atoms with Crippen LogP contribution in [0.15, 0.2) is 24.3 Å². The second-order valence-electron chi connectivity index (χ2n) is 14.9. The molecule has 44 heavy (non-hydrogen) atoms. The molecule has 4 aliphatic carbocycles. The lowest BCUT2D eigenvalue weighted by atomic mass is 9.87. The summed E-state index contributed by atoms with van der Waals surface area (Å²) in [6.07, 6.45) is 15.6. The smallest absolute Gasteiger partial charge is 0.125 e. The third-order valence-corrected chi connectivity index (χ3v) is 23.4. The number of benzene rings is 2. The fraction of sp³-hybridized carbons (Fsp3) is 0.524. The highest BCUT2D eigenvalue weighted by molar-refractivity contribution is 6.91. The third kappa shape index (κ3) is 6.84. The maximum absolute atomic E-state index is 6.11. The molecule has 2 heteroatoms. The summed E-state index contributed by atoms with van der Waals surface area (Å²) < 4.78 is 0. The monoisotopic (exact) mass is 616 g/mol. The highest BCUT2D eigenvalue weighted by Gasteiger charge is 2.42. The fourth-order valence-electron chi connectivity index (χ4n) is 8.46. The molecule has 4 bridgehead atoms. The summed E-state index contributed by atoms with van der Waals surface area (Å²) >= 11 is 0. The minimum atomic E-state index is -1.87. The normalized spacial score (nSPS) is 13.5. The first-order valence-corrected chi connectivity index (χ1v) is 21.4. The molecule has 0 spiro atoms. The van der Waals surface area contributed by atoms with Crippen molar-refractivity contribution in [2.75, 3.05) is 0 Å². The first kappa shape index (κ1) is 35.6. The van der Waals surface area contributed by atoms with E-state index in [1.54, 1.807) is 0 Å². The van der Waals surface area contributed by atoms with E-state index in [-0.39, 0.29) is 0 Å². The number of terminal acetylenes is 2. The Morgan fingerprint density at radius 2 is 0.659 bits per heavy atom. The van der Waals surface area contributed by atoms with Crippen LogP contribution >= 0.6 is 0 Å². The standard InChI is InChI=1S/C42H56Si2/c1-15-35-25-39-20-18-38-28-42(22-24-44(32(9)10,33(11)12)34(13)14)40(26-36(38)16-2)19-17-37(35)27-41(39)21-23-43(29(3)4,30(5)6)31(7)8/h1-2,25-34H,17-20H2,3-14H3. The highest BCUT2D eigenvalue weighted by atomic mass is 28.3. The maximum atomic E-state index is 6.11. The fourth-order valence-corrected chi connectivity index (χ4v) is 18.9. The predicted molar refractivity (Wildman–Crippen MR) is 199 cm³/mol. The topological polar surface area (TPSA) is 0 Å². The van der Waals surface area contributed by atoms with Crippen molar-refractivity contribution in [3.63, 3.8) is 0 Å². The molecule has 232 valence electrons. The lowest BCUT2D eigenvalue weighted by molar-refractivity contribution is 0.838. The minimum absolute atomic E-state index is 0.591. The Bertz CT molecular complexity index is 1400. The van der Waals surface area contributed by atoms with Crippen LogP contribution in [0.1, 0.15) is 128 Å². The molecular weight excluding hydrogens is 561 g/mol. The molecule has 6 rings (SSSR count). The summed E-state index contributed by atoms with van der Waals surface area (Å²) in [5.74, 6) is 13.6. The van der Waals surface area contributed by atoms with Gasteiger partial charge in [-0.1, -0.05) is 107 Å². The quantitative estimate of drug-likeness (QED) is 0.224. The molecule has 0 unspecified atom stereocenters. The van der Waals surface area contributed by atoms with Crippen LogP contribution < -0.4 is 0 Å². The van der Waals surface area contributed by atoms with Gasteiger partial charge in [0.25, 0.3) is 0 Å². The number of hydrogen-bond acceptors (Lipinski definition) is 0. The van der Waals surface area contributed by atoms with Crippen molar-refractivity contribution in [3.05, 3.63) is 68.8 Å². The van der Waals surface area contributed by atoms with E-state index >= 15 is 0 Å². The molecule has 0 N–H and O–H groups in total. The van der Waals surface area contributed by atoms with Gasteiger partial charge in [0.05, 0.1) is 0 Å². The minimum Gasteiger partial charge on any atom is -0.125 e. The molecule has 0 amide bonds. The molecule has 0 saturated carbocycles. The molecule has 0 fully saturated rings. The maximum Gasteiger partial charge on any atom is 0.146 e. The van der Waals surface area contributed by atoms with Crippen molar-refractivity contribution in [1.82, 2.24) is 0 Å². The van der Waals surface area contributed by atoms with Gasteiger partial charge >= 0.3 is 0 Å². The van der Waals surface area contributed by atoms with Crippen molar-refractivity contribution in [2.45, 2.75) is 142 Å². The Morgan fingerprint density at radius 1 is 0.432 bits per heavy atom. The molecule has 0 saturated heterocycles. The molecular formula is C42H56Si2. The second-order valence-corrected chi connectivity index (χ2v) is 26.1. The van der Waals surface area contributed by atoms with Crippen LogP contribution in [0.25, 0.3) is 0 Å². The van der Waals surface area contributed by atoms with Gasteiger partial charge in [0, 0.05) is 22.3 Å². The van der Waals surface area contributed by atoms with E-state index in [0.717, 1.165) is 47.9 Å². The van der Waals surface area contributed by atoms with E-state index in [0.29, 0.717) is 33.2 Å². The average molecular weight is 617 g/mol. The SMILES string of the molecule is C#Cc1cc2c(C#C[Si](C(C)C)(C(C)C)C(C)C)cc1CCc1cc(C#C)c(cc1C#C[Si](C(C)C)(C(C)C)C(C)C)CC2. The molecule has 0 radical (unpaired) electrons. The number of hydrogen-bond donors (Lipinski definition) is 0. The first-order valence-electron chi connectivity index (χ1n) is 17.0. The molecule has 0 nitrogen and oxygen atoms in total. The van der Waals surface area contributed by atoms with Crippen LogP contribution in [0.4, 0.5) is 0 Å². The average Bonchev–Trinajstić information content (AvgIpc) is 2.93. The summed E-state index contributed by atoms with van der Waals surface area (Å²) in [7, 11) is -3.75. The molecule has 4 aliphatic rings. The Morgan fingerprint density at radius 3 is 0.886 bits per heavy atom. The van der Waals surface area contributed by atoms with Crippen molar-refractivity contribution in [2.24, 2.45) is 0 Å². The lowest BCUT2D eigenvalue weighted by Gasteiger charge is -2.38. The zero-order valence-corrected chi connectivity index (χ0v) is 31.8. The molecule has 0 heterocycles. The van der Waals surface area contributed by atoms with Gasteiger partial charge in [0.15, 0.2) is 0 Å². The van der Waals surface area contributed by atoms with Gasteiger partial charge in [0.2, 0.25) is 0 Å². The molecule has 2 aromatic carbocycles. The van der Waals surface area contributed by atoms with Gasteiger partial charge in [-0.3, -0.25) is 0 Å². The Hall–Kier alpha value is -2.89. The van der Waals surface area contributed by atoms with E-state index in [2.05, 4.69) is 142 Å². The Labute approximate surface area is 273 Å². The predicted octanol–water partition coefficient (Wildman–Crippen LogP) is 10.7. The Kier molecular flexibility index (Phi) is 11.7. The second kappa shape index (κ2) is 14.5. The Balaban J connectivity index is 2.22. The van der Waals surface area contributed by atoms with Crippen molar-refractivity contribution in [3.8, 4) is 47.6 Å². The van der Waals surface area contributed by atoms with E-state index in [9.17, 15) is 0 Å². The number of rotatable bonds is 6. The lowest BCUT2D eigenvalue weighted by Crippen LogP contribution is -2.43. The van der Waals surface area contributed by atoms with Crippen molar-refractivity contribution < 1.29 is 0 Å². The van der Waals surface area contributed by atoms with Gasteiger partial charge in [-0.25, -0.2) is 0 Å². The van der Waals surface area contributed by atoms with Crippen LogP contribution in [0.2, 0.25) is 33.2 Å². The van der Waals surface area contributed by atoms with Gasteiger partial charge in [-0.15, -0.1) is 23.9 Å². The largest absolute Gasteiger partial charge is 0.146 e. The van der Waals surface area contributed by atoms with Gasteiger partial charge in [-0.05, 0) is 105 Å². The zero-order valence-electron chi connectivity index (χ0n) is 29.8. The van der Waals surface area contributed by atoms with Gasteiger partial charge < -0.3 is 0 Å². The van der Waals surface area contributed by atoms with Crippen LogP contribution in [0.5, 0.6) is 0 Å². The highest BCUT2D eigenvalue weighted by Crippen LogP contribution is 2.42. The van der Waals surface area contributed by atoms with E-state index in [1.807, 2.05) is 0 Å². The summed E-state index contributed by atoms with van der Waals surface area (Å²) in [5.41, 5.74) is 20.7. The summed E-state index contributed by atoms with van der Waals surface area (Å²) in [5, 5.41) is 0. The van der Waals surface area contributed by atoms with E-state index in [4.69, 9.17) is 12.8 Å². The third-order valence-electron chi connectivity index (χ3n) is 10.9. The van der Waals surface area contributed by atoms with Crippen LogP contribution in [-0.4, -0.2) is 16.1 Å². The number of aryl methyl sites for hydroxylation is 4. The molecule has 0 aromatic heterocycles. The summed E-state index contributed by atoms with van der Waals surface area (Å²) in [4.78, 5) is 0. The molecule has 0 aliphatic heterocycles. The van der Waals surface area contributed by atoms with Gasteiger partial charge in [0.1, 0.15) is 16.1 Å². The van der Waals surface area contributed by atoms with E-state index in [1.165, 1.54) is 22.3 Å². The first-order chi connectivity index (χ1) is 20.6. The molecule has 2 aromatic rings. The molecule has 0 atom stereocenters. The van der Waals surface area contributed by atoms with Crippen LogP contribution in [0, 0.1) is 47.6 Å². The van der Waals surface area contributed by atoms with Crippen molar-refractivity contribution in [1.29, 1.82) is 0 Å². The summed E-state index contributed by atoms with van der Waals surface area (Å²) in [6.45, 7) is 28.5. The zero-order chi connectivity index (χ0) is 33.0. The summed E-state index contributed by atoms with van der Waals surface area (Å²) in [6, 6.07) is 9.10. The van der Waals surface area contributed by atoms with Crippen molar-refractivity contribution >= 4 is 16.1 Å².